The standard InChI is InChI=1S/C11H13BrN4O2S/c1-9-2-3-10(12)8-11(9)19(17,18)14-5-7-16-6-4-13-15-16/h2-4,6,8,14H,5,7H2,1H3. The van der Waals surface area contributed by atoms with E-state index in [1.165, 1.54) is 0 Å². The Hall–Kier alpha value is -1.25. The van der Waals surface area contributed by atoms with Crippen molar-refractivity contribution < 1.29 is 8.42 Å². The lowest BCUT2D eigenvalue weighted by atomic mass is 10.2. The van der Waals surface area contributed by atoms with E-state index in [1.54, 1.807) is 36.1 Å². The molecule has 0 atom stereocenters. The van der Waals surface area contributed by atoms with Crippen LogP contribution in [0.15, 0.2) is 40.0 Å². The van der Waals surface area contributed by atoms with Gasteiger partial charge in [0.15, 0.2) is 0 Å². The maximum Gasteiger partial charge on any atom is 0.240 e. The number of hydrogen-bond donors (Lipinski definition) is 1. The molecule has 0 unspecified atom stereocenters. The molecule has 2 aromatic rings. The van der Waals surface area contributed by atoms with Crippen LogP contribution in [0.1, 0.15) is 5.56 Å². The molecule has 0 bridgehead atoms. The SMILES string of the molecule is Cc1ccc(Br)cc1S(=O)(=O)NCCn1ccnn1. The Bertz CT molecular complexity index is 655. The smallest absolute Gasteiger partial charge is 0.240 e. The molecule has 0 aliphatic carbocycles. The van der Waals surface area contributed by atoms with E-state index >= 15 is 0 Å². The molecule has 19 heavy (non-hydrogen) atoms. The van der Waals surface area contributed by atoms with Gasteiger partial charge in [0.2, 0.25) is 10.0 Å². The van der Waals surface area contributed by atoms with Crippen LogP contribution in [0.2, 0.25) is 0 Å². The van der Waals surface area contributed by atoms with Gasteiger partial charge in [0, 0.05) is 17.2 Å². The van der Waals surface area contributed by atoms with Gasteiger partial charge >= 0.3 is 0 Å². The molecule has 6 nitrogen and oxygen atoms in total. The summed E-state index contributed by atoms with van der Waals surface area (Å²) in [5.74, 6) is 0. The lowest BCUT2D eigenvalue weighted by Crippen LogP contribution is -2.28. The summed E-state index contributed by atoms with van der Waals surface area (Å²) in [7, 11) is -3.51. The largest absolute Gasteiger partial charge is 0.251 e. The van der Waals surface area contributed by atoms with Gasteiger partial charge in [-0.05, 0) is 24.6 Å². The highest BCUT2D eigenvalue weighted by atomic mass is 79.9. The van der Waals surface area contributed by atoms with Gasteiger partial charge in [0.1, 0.15) is 0 Å². The zero-order valence-corrected chi connectivity index (χ0v) is 12.6. The Morgan fingerprint density at radius 3 is 2.89 bits per heavy atom. The van der Waals surface area contributed by atoms with Crippen molar-refractivity contribution in [1.29, 1.82) is 0 Å². The van der Waals surface area contributed by atoms with Crippen molar-refractivity contribution in [2.75, 3.05) is 6.54 Å². The third-order valence-corrected chi connectivity index (χ3v) is 4.64. The number of nitrogens with one attached hydrogen (secondary N) is 1. The van der Waals surface area contributed by atoms with E-state index in [9.17, 15) is 8.42 Å². The molecule has 0 saturated heterocycles. The molecular formula is C11H13BrN4O2S. The van der Waals surface area contributed by atoms with Gasteiger partial charge < -0.3 is 0 Å². The van der Waals surface area contributed by atoms with Crippen molar-refractivity contribution in [3.63, 3.8) is 0 Å². The number of aromatic nitrogens is 3. The first-order chi connectivity index (χ1) is 8.99. The molecule has 8 heteroatoms. The highest BCUT2D eigenvalue weighted by molar-refractivity contribution is 9.10. The predicted molar refractivity (Wildman–Crippen MR) is 74.1 cm³/mol. The molecule has 0 aliphatic heterocycles. The second-order valence-corrected chi connectivity index (χ2v) is 6.62. The lowest BCUT2D eigenvalue weighted by Gasteiger charge is -2.09. The fourth-order valence-electron chi connectivity index (χ4n) is 1.59. The second-order valence-electron chi connectivity index (χ2n) is 3.97. The molecule has 1 aromatic heterocycles. The first-order valence-corrected chi connectivity index (χ1v) is 7.86. The summed E-state index contributed by atoms with van der Waals surface area (Å²) in [5.41, 5.74) is 0.705. The van der Waals surface area contributed by atoms with Crippen LogP contribution in [-0.2, 0) is 16.6 Å². The molecule has 0 spiro atoms. The summed E-state index contributed by atoms with van der Waals surface area (Å²) in [6, 6.07) is 5.16. The van der Waals surface area contributed by atoms with Crippen molar-refractivity contribution in [2.24, 2.45) is 0 Å². The average molecular weight is 345 g/mol. The summed E-state index contributed by atoms with van der Waals surface area (Å²) >= 11 is 3.27. The Morgan fingerprint density at radius 1 is 1.42 bits per heavy atom. The third-order valence-electron chi connectivity index (χ3n) is 2.54. The molecule has 0 fully saturated rings. The van der Waals surface area contributed by atoms with Crippen molar-refractivity contribution in [1.82, 2.24) is 19.7 Å². The van der Waals surface area contributed by atoms with E-state index in [1.807, 2.05) is 6.07 Å². The molecule has 0 radical (unpaired) electrons. The Labute approximate surface area is 120 Å². The predicted octanol–water partition coefficient (Wildman–Crippen LogP) is 1.33. The molecule has 2 rings (SSSR count). The molecule has 0 saturated carbocycles. The van der Waals surface area contributed by atoms with Crippen LogP contribution in [0.3, 0.4) is 0 Å². The van der Waals surface area contributed by atoms with Gasteiger partial charge in [-0.25, -0.2) is 13.1 Å². The Balaban J connectivity index is 2.07. The first kappa shape index (κ1) is 14.2. The molecule has 1 aromatic carbocycles. The van der Waals surface area contributed by atoms with E-state index in [2.05, 4.69) is 31.0 Å². The van der Waals surface area contributed by atoms with Gasteiger partial charge in [-0.3, -0.25) is 4.68 Å². The van der Waals surface area contributed by atoms with Crippen molar-refractivity contribution in [3.05, 3.63) is 40.6 Å². The minimum atomic E-state index is -3.51. The van der Waals surface area contributed by atoms with Crippen LogP contribution in [0.25, 0.3) is 0 Å². The third kappa shape index (κ3) is 3.62. The Kier molecular flexibility index (Phi) is 4.33. The molecule has 102 valence electrons. The monoisotopic (exact) mass is 344 g/mol. The lowest BCUT2D eigenvalue weighted by molar-refractivity contribution is 0.552. The number of nitrogens with zero attached hydrogens (tertiary/aromatic N) is 3. The molecule has 0 amide bonds. The number of aryl methyl sites for hydroxylation is 1. The van der Waals surface area contributed by atoms with Crippen LogP contribution in [-0.4, -0.2) is 30.0 Å². The molecule has 1 heterocycles. The minimum absolute atomic E-state index is 0.262. The first-order valence-electron chi connectivity index (χ1n) is 5.59. The molecule has 0 aliphatic rings. The van der Waals surface area contributed by atoms with Gasteiger partial charge in [-0.1, -0.05) is 27.2 Å². The number of rotatable bonds is 5. The van der Waals surface area contributed by atoms with Gasteiger partial charge in [-0.15, -0.1) is 5.10 Å². The van der Waals surface area contributed by atoms with E-state index in [0.29, 0.717) is 12.1 Å². The van der Waals surface area contributed by atoms with Gasteiger partial charge in [0.05, 0.1) is 17.6 Å². The summed E-state index contributed by atoms with van der Waals surface area (Å²) in [6.07, 6.45) is 3.23. The van der Waals surface area contributed by atoms with E-state index in [-0.39, 0.29) is 11.4 Å². The van der Waals surface area contributed by atoms with Gasteiger partial charge in [0.25, 0.3) is 0 Å². The maximum atomic E-state index is 12.2. The number of sulfonamides is 1. The van der Waals surface area contributed by atoms with Crippen LogP contribution < -0.4 is 4.72 Å². The van der Waals surface area contributed by atoms with Gasteiger partial charge in [-0.2, -0.15) is 0 Å². The highest BCUT2D eigenvalue weighted by Gasteiger charge is 2.16. The van der Waals surface area contributed by atoms with Crippen LogP contribution in [0.4, 0.5) is 0 Å². The summed E-state index contributed by atoms with van der Waals surface area (Å²) in [6.45, 7) is 2.46. The minimum Gasteiger partial charge on any atom is -0.251 e. The zero-order chi connectivity index (χ0) is 13.9. The Morgan fingerprint density at radius 2 is 2.21 bits per heavy atom. The summed E-state index contributed by atoms with van der Waals surface area (Å²) in [4.78, 5) is 0.278. The number of halogens is 1. The quantitative estimate of drug-likeness (QED) is 0.887. The molecule has 1 N–H and O–H groups in total. The van der Waals surface area contributed by atoms with Crippen molar-refractivity contribution in [2.45, 2.75) is 18.4 Å². The van der Waals surface area contributed by atoms with Crippen LogP contribution >= 0.6 is 15.9 Å². The van der Waals surface area contributed by atoms with E-state index in [4.69, 9.17) is 0 Å². The number of benzene rings is 1. The van der Waals surface area contributed by atoms with Crippen molar-refractivity contribution in [3.8, 4) is 0 Å². The second kappa shape index (κ2) is 5.81. The van der Waals surface area contributed by atoms with E-state index < -0.39 is 10.0 Å². The van der Waals surface area contributed by atoms with Crippen LogP contribution in [0.5, 0.6) is 0 Å². The normalized spacial score (nSPS) is 11.7. The zero-order valence-electron chi connectivity index (χ0n) is 10.2. The van der Waals surface area contributed by atoms with E-state index in [0.717, 1.165) is 4.47 Å². The number of hydrogen-bond acceptors (Lipinski definition) is 4. The topological polar surface area (TPSA) is 76.9 Å². The summed E-state index contributed by atoms with van der Waals surface area (Å²) in [5, 5.41) is 7.42. The average Bonchev–Trinajstić information content (AvgIpc) is 2.85. The summed E-state index contributed by atoms with van der Waals surface area (Å²) < 4.78 is 29.2. The van der Waals surface area contributed by atoms with Crippen LogP contribution in [0, 0.1) is 6.92 Å². The fourth-order valence-corrected chi connectivity index (χ4v) is 3.39. The fraction of sp³-hybridized carbons (Fsp3) is 0.273. The molecular weight excluding hydrogens is 332 g/mol. The van der Waals surface area contributed by atoms with Crippen molar-refractivity contribution >= 4 is 26.0 Å². The maximum absolute atomic E-state index is 12.2. The highest BCUT2D eigenvalue weighted by Crippen LogP contribution is 2.20.